The minimum absolute atomic E-state index is 0.390. The third-order valence-corrected chi connectivity index (χ3v) is 4.21. The zero-order valence-electron chi connectivity index (χ0n) is 11.7. The lowest BCUT2D eigenvalue weighted by molar-refractivity contribution is -0.137. The molecule has 0 saturated heterocycles. The first-order chi connectivity index (χ1) is 10.5. The van der Waals surface area contributed by atoms with Crippen molar-refractivity contribution in [3.8, 4) is 11.4 Å². The normalized spacial score (nSPS) is 12.0. The molecule has 0 aliphatic carbocycles. The van der Waals surface area contributed by atoms with Gasteiger partial charge in [-0.15, -0.1) is 11.8 Å². The first-order valence-electron chi connectivity index (χ1n) is 6.78. The van der Waals surface area contributed by atoms with Crippen molar-refractivity contribution in [2.75, 3.05) is 5.75 Å². The zero-order valence-corrected chi connectivity index (χ0v) is 12.6. The van der Waals surface area contributed by atoms with Crippen molar-refractivity contribution in [3.05, 3.63) is 48.0 Å². The maximum atomic E-state index is 12.8. The molecule has 1 N–H and O–H groups in total. The second kappa shape index (κ2) is 5.68. The fourth-order valence-electron chi connectivity index (χ4n) is 2.26. The van der Waals surface area contributed by atoms with Crippen molar-refractivity contribution < 1.29 is 13.2 Å². The number of thioether (sulfide) groups is 1. The SMILES string of the molecule is CCSc1ccccc1-c1nc2ccc(C(F)(F)F)cc2[nH]1. The van der Waals surface area contributed by atoms with Crippen molar-refractivity contribution >= 4 is 22.8 Å². The number of hydrogen-bond acceptors (Lipinski definition) is 2. The molecule has 0 spiro atoms. The van der Waals surface area contributed by atoms with Gasteiger partial charge in [-0.3, -0.25) is 0 Å². The number of rotatable bonds is 3. The van der Waals surface area contributed by atoms with E-state index in [1.165, 1.54) is 6.07 Å². The number of H-pyrrole nitrogens is 1. The molecule has 1 heterocycles. The van der Waals surface area contributed by atoms with Crippen LogP contribution in [0.25, 0.3) is 22.4 Å². The van der Waals surface area contributed by atoms with Gasteiger partial charge in [0.05, 0.1) is 16.6 Å². The average molecular weight is 322 g/mol. The Morgan fingerprint density at radius 2 is 1.91 bits per heavy atom. The largest absolute Gasteiger partial charge is 0.416 e. The molecule has 1 aromatic heterocycles. The van der Waals surface area contributed by atoms with Gasteiger partial charge in [0.2, 0.25) is 0 Å². The molecule has 22 heavy (non-hydrogen) atoms. The Kier molecular flexibility index (Phi) is 3.87. The minimum atomic E-state index is -4.35. The Bertz CT molecular complexity index is 809. The van der Waals surface area contributed by atoms with Crippen LogP contribution in [0, 0.1) is 0 Å². The van der Waals surface area contributed by atoms with Gasteiger partial charge in [-0.25, -0.2) is 4.98 Å². The molecule has 0 radical (unpaired) electrons. The van der Waals surface area contributed by atoms with Crippen LogP contribution in [-0.2, 0) is 6.18 Å². The monoisotopic (exact) mass is 322 g/mol. The number of nitrogens with one attached hydrogen (secondary N) is 1. The van der Waals surface area contributed by atoms with E-state index < -0.39 is 11.7 Å². The van der Waals surface area contributed by atoms with Crippen LogP contribution in [0.3, 0.4) is 0 Å². The predicted octanol–water partition coefficient (Wildman–Crippen LogP) is 5.36. The molecule has 6 heteroatoms. The van der Waals surface area contributed by atoms with E-state index in [2.05, 4.69) is 16.9 Å². The van der Waals surface area contributed by atoms with E-state index in [1.807, 2.05) is 24.3 Å². The van der Waals surface area contributed by atoms with E-state index in [4.69, 9.17) is 0 Å². The number of nitrogens with zero attached hydrogens (tertiary/aromatic N) is 1. The summed E-state index contributed by atoms with van der Waals surface area (Å²) in [6, 6.07) is 11.3. The summed E-state index contributed by atoms with van der Waals surface area (Å²) in [6.45, 7) is 2.05. The summed E-state index contributed by atoms with van der Waals surface area (Å²) in [4.78, 5) is 8.47. The summed E-state index contributed by atoms with van der Waals surface area (Å²) >= 11 is 1.67. The molecule has 0 atom stereocenters. The van der Waals surface area contributed by atoms with Crippen molar-refractivity contribution in [2.45, 2.75) is 18.0 Å². The molecule has 0 aliphatic rings. The predicted molar refractivity (Wildman–Crippen MR) is 82.9 cm³/mol. The number of fused-ring (bicyclic) bond motifs is 1. The summed E-state index contributed by atoms with van der Waals surface area (Å²) in [7, 11) is 0. The minimum Gasteiger partial charge on any atom is -0.338 e. The quantitative estimate of drug-likeness (QED) is 0.658. The van der Waals surface area contributed by atoms with Crippen molar-refractivity contribution in [3.63, 3.8) is 0 Å². The fraction of sp³-hybridized carbons (Fsp3) is 0.188. The van der Waals surface area contributed by atoms with Gasteiger partial charge in [-0.2, -0.15) is 13.2 Å². The Hall–Kier alpha value is -1.95. The highest BCUT2D eigenvalue weighted by molar-refractivity contribution is 7.99. The molecule has 0 fully saturated rings. The highest BCUT2D eigenvalue weighted by Crippen LogP contribution is 2.33. The van der Waals surface area contributed by atoms with Gasteiger partial charge in [0.25, 0.3) is 0 Å². The molecule has 3 rings (SSSR count). The molecule has 3 aromatic rings. The summed E-state index contributed by atoms with van der Waals surface area (Å²) in [5.41, 5.74) is 1.14. The van der Waals surface area contributed by atoms with Crippen molar-refractivity contribution in [2.24, 2.45) is 0 Å². The molecule has 0 bridgehead atoms. The number of aromatic amines is 1. The average Bonchev–Trinajstić information content (AvgIpc) is 2.90. The van der Waals surface area contributed by atoms with Crippen LogP contribution in [0.2, 0.25) is 0 Å². The van der Waals surface area contributed by atoms with Crippen LogP contribution in [0.1, 0.15) is 12.5 Å². The number of halogens is 3. The smallest absolute Gasteiger partial charge is 0.338 e. The highest BCUT2D eigenvalue weighted by Gasteiger charge is 2.30. The van der Waals surface area contributed by atoms with Crippen molar-refractivity contribution in [1.82, 2.24) is 9.97 Å². The third kappa shape index (κ3) is 2.83. The second-order valence-electron chi connectivity index (χ2n) is 4.74. The van der Waals surface area contributed by atoms with Gasteiger partial charge in [0.15, 0.2) is 0 Å². The zero-order chi connectivity index (χ0) is 15.7. The lowest BCUT2D eigenvalue weighted by Crippen LogP contribution is -2.04. The Morgan fingerprint density at radius 1 is 1.14 bits per heavy atom. The molecular formula is C16H13F3N2S. The van der Waals surface area contributed by atoms with E-state index in [-0.39, 0.29) is 0 Å². The Labute approximate surface area is 129 Å². The van der Waals surface area contributed by atoms with Crippen LogP contribution in [0.4, 0.5) is 13.2 Å². The topological polar surface area (TPSA) is 28.7 Å². The molecule has 0 amide bonds. The lowest BCUT2D eigenvalue weighted by atomic mass is 10.2. The van der Waals surface area contributed by atoms with Gasteiger partial charge in [-0.1, -0.05) is 25.1 Å². The molecule has 2 aromatic carbocycles. The van der Waals surface area contributed by atoms with Crippen LogP contribution >= 0.6 is 11.8 Å². The standard InChI is InChI=1S/C16H13F3N2S/c1-2-22-14-6-4-3-5-11(14)15-20-12-8-7-10(16(17,18)19)9-13(12)21-15/h3-9H,2H2,1H3,(H,20,21). The van der Waals surface area contributed by atoms with Gasteiger partial charge >= 0.3 is 6.18 Å². The maximum Gasteiger partial charge on any atom is 0.416 e. The van der Waals surface area contributed by atoms with Gasteiger partial charge in [0, 0.05) is 10.5 Å². The maximum absolute atomic E-state index is 12.8. The van der Waals surface area contributed by atoms with Crippen LogP contribution in [0.15, 0.2) is 47.4 Å². The first kappa shape index (κ1) is 15.0. The van der Waals surface area contributed by atoms with E-state index in [0.717, 1.165) is 28.3 Å². The summed E-state index contributed by atoms with van der Waals surface area (Å²) < 4.78 is 38.3. The molecule has 0 saturated carbocycles. The van der Waals surface area contributed by atoms with E-state index in [9.17, 15) is 13.2 Å². The Balaban J connectivity index is 2.09. The van der Waals surface area contributed by atoms with Gasteiger partial charge < -0.3 is 4.98 Å². The third-order valence-electron chi connectivity index (χ3n) is 3.25. The van der Waals surface area contributed by atoms with Crippen LogP contribution in [0.5, 0.6) is 0 Å². The molecule has 0 aliphatic heterocycles. The van der Waals surface area contributed by atoms with Crippen LogP contribution < -0.4 is 0 Å². The Morgan fingerprint density at radius 3 is 2.64 bits per heavy atom. The molecule has 0 unspecified atom stereocenters. The molecule has 114 valence electrons. The van der Waals surface area contributed by atoms with Gasteiger partial charge in [0.1, 0.15) is 5.82 Å². The summed E-state index contributed by atoms with van der Waals surface area (Å²) in [5.74, 6) is 1.50. The number of imidazole rings is 1. The second-order valence-corrected chi connectivity index (χ2v) is 6.05. The number of alkyl halides is 3. The number of aromatic nitrogens is 2. The van der Waals surface area contributed by atoms with E-state index in [0.29, 0.717) is 16.9 Å². The van der Waals surface area contributed by atoms with E-state index in [1.54, 1.807) is 11.8 Å². The molecular weight excluding hydrogens is 309 g/mol. The van der Waals surface area contributed by atoms with Gasteiger partial charge in [-0.05, 0) is 30.0 Å². The number of hydrogen-bond donors (Lipinski definition) is 1. The number of benzene rings is 2. The fourth-order valence-corrected chi connectivity index (χ4v) is 3.06. The summed E-state index contributed by atoms with van der Waals surface area (Å²) in [6.07, 6.45) is -4.35. The summed E-state index contributed by atoms with van der Waals surface area (Å²) in [5, 5.41) is 0. The highest BCUT2D eigenvalue weighted by atomic mass is 32.2. The van der Waals surface area contributed by atoms with Crippen LogP contribution in [-0.4, -0.2) is 15.7 Å². The lowest BCUT2D eigenvalue weighted by Gasteiger charge is -2.05. The van der Waals surface area contributed by atoms with E-state index >= 15 is 0 Å². The van der Waals surface area contributed by atoms with Crippen molar-refractivity contribution in [1.29, 1.82) is 0 Å². The first-order valence-corrected chi connectivity index (χ1v) is 7.77. The molecule has 2 nitrogen and oxygen atoms in total.